The van der Waals surface area contributed by atoms with Gasteiger partial charge in [0.05, 0.1) is 6.54 Å². The molecule has 0 aliphatic rings. The van der Waals surface area contributed by atoms with Gasteiger partial charge in [0.1, 0.15) is 10.7 Å². The summed E-state index contributed by atoms with van der Waals surface area (Å²) in [4.78, 5) is 8.03. The number of aryl methyl sites for hydroxylation is 1. The molecule has 2 rings (SSSR count). The minimum Gasteiger partial charge on any atom is -0.337 e. The summed E-state index contributed by atoms with van der Waals surface area (Å²) >= 11 is 0. The molecule has 0 aromatic carbocycles. The summed E-state index contributed by atoms with van der Waals surface area (Å²) in [5.74, 6) is 6.05. The Bertz CT molecular complexity index is 696. The summed E-state index contributed by atoms with van der Waals surface area (Å²) in [6.45, 7) is 0.157. The van der Waals surface area contributed by atoms with Crippen LogP contribution in [0.3, 0.4) is 0 Å². The number of nitrogen functional groups attached to an aromatic ring is 1. The van der Waals surface area contributed by atoms with Crippen LogP contribution in [0.4, 0.5) is 5.82 Å². The van der Waals surface area contributed by atoms with Crippen molar-refractivity contribution in [3.63, 3.8) is 0 Å². The van der Waals surface area contributed by atoms with Gasteiger partial charge in [0.2, 0.25) is 10.0 Å². The molecule has 20 heavy (non-hydrogen) atoms. The molecule has 108 valence electrons. The van der Waals surface area contributed by atoms with Gasteiger partial charge >= 0.3 is 0 Å². The zero-order valence-electron chi connectivity index (χ0n) is 11.2. The maximum absolute atomic E-state index is 12.5. The molecule has 2 aromatic heterocycles. The maximum Gasteiger partial charge on any atom is 0.246 e. The van der Waals surface area contributed by atoms with Crippen molar-refractivity contribution in [1.29, 1.82) is 0 Å². The Morgan fingerprint density at radius 3 is 2.75 bits per heavy atom. The van der Waals surface area contributed by atoms with Gasteiger partial charge in [-0.05, 0) is 12.1 Å². The number of anilines is 1. The lowest BCUT2D eigenvalue weighted by Gasteiger charge is -2.18. The molecule has 3 N–H and O–H groups in total. The molecule has 0 unspecified atom stereocenters. The number of nitrogens with two attached hydrogens (primary N) is 1. The standard InChI is InChI=1S/C11H16N6O2S/c1-16-7-6-13-10(16)8-17(2)20(18,19)9-4-3-5-14-11(9)15-12/h3-7H,8,12H2,1-2H3,(H,14,15). The molecule has 9 heteroatoms. The van der Waals surface area contributed by atoms with E-state index in [1.165, 1.54) is 23.6 Å². The molecule has 0 aliphatic heterocycles. The van der Waals surface area contributed by atoms with Crippen molar-refractivity contribution in [3.8, 4) is 0 Å². The molecule has 0 spiro atoms. The monoisotopic (exact) mass is 296 g/mol. The number of imidazole rings is 1. The first-order valence-electron chi connectivity index (χ1n) is 5.81. The second-order valence-electron chi connectivity index (χ2n) is 4.21. The van der Waals surface area contributed by atoms with Crippen LogP contribution in [0.2, 0.25) is 0 Å². The predicted molar refractivity (Wildman–Crippen MR) is 73.9 cm³/mol. The third-order valence-corrected chi connectivity index (χ3v) is 4.72. The lowest BCUT2D eigenvalue weighted by atomic mass is 10.5. The highest BCUT2D eigenvalue weighted by molar-refractivity contribution is 7.89. The topological polar surface area (TPSA) is 106 Å². The van der Waals surface area contributed by atoms with Gasteiger partial charge in [0.15, 0.2) is 5.82 Å². The number of rotatable bonds is 5. The Balaban J connectivity index is 2.32. The van der Waals surface area contributed by atoms with Gasteiger partial charge in [-0.2, -0.15) is 4.31 Å². The van der Waals surface area contributed by atoms with Gasteiger partial charge in [0, 0.05) is 32.7 Å². The molecule has 0 saturated carbocycles. The summed E-state index contributed by atoms with van der Waals surface area (Å²) in [5, 5.41) is 0. The molecule has 0 amide bonds. The van der Waals surface area contributed by atoms with Crippen molar-refractivity contribution in [1.82, 2.24) is 18.8 Å². The number of aromatic nitrogens is 3. The van der Waals surface area contributed by atoms with Crippen LogP contribution in [-0.2, 0) is 23.6 Å². The molecular weight excluding hydrogens is 280 g/mol. The molecule has 0 saturated heterocycles. The summed E-state index contributed by atoms with van der Waals surface area (Å²) < 4.78 is 28.0. The van der Waals surface area contributed by atoms with Crippen molar-refractivity contribution >= 4 is 15.8 Å². The first kappa shape index (κ1) is 14.4. The number of hydrazine groups is 1. The fraction of sp³-hybridized carbons (Fsp3) is 0.273. The van der Waals surface area contributed by atoms with E-state index in [0.29, 0.717) is 5.82 Å². The Hall–Kier alpha value is -1.97. The van der Waals surface area contributed by atoms with Gasteiger partial charge in [-0.25, -0.2) is 24.2 Å². The minimum absolute atomic E-state index is 0.0270. The second kappa shape index (κ2) is 5.57. The Morgan fingerprint density at radius 1 is 1.40 bits per heavy atom. The van der Waals surface area contributed by atoms with E-state index < -0.39 is 10.0 Å². The van der Waals surface area contributed by atoms with Crippen molar-refractivity contribution in [3.05, 3.63) is 36.5 Å². The SMILES string of the molecule is CN(Cc1nccn1C)S(=O)(=O)c1cccnc1NN. The Labute approximate surface area is 117 Å². The predicted octanol–water partition coefficient (Wildman–Crippen LogP) is -0.0786. The summed E-state index contributed by atoms with van der Waals surface area (Å²) in [6, 6.07) is 2.99. The van der Waals surface area contributed by atoms with E-state index in [0.717, 1.165) is 0 Å². The maximum atomic E-state index is 12.5. The van der Waals surface area contributed by atoms with Crippen molar-refractivity contribution in [2.75, 3.05) is 12.5 Å². The van der Waals surface area contributed by atoms with E-state index in [-0.39, 0.29) is 17.3 Å². The molecule has 0 radical (unpaired) electrons. The Kier molecular flexibility index (Phi) is 4.02. The number of hydrogen-bond acceptors (Lipinski definition) is 6. The van der Waals surface area contributed by atoms with Crippen LogP contribution in [0, 0.1) is 0 Å². The minimum atomic E-state index is -3.70. The van der Waals surface area contributed by atoms with Crippen LogP contribution in [0.5, 0.6) is 0 Å². The quantitative estimate of drug-likeness (QED) is 0.590. The smallest absolute Gasteiger partial charge is 0.246 e. The summed E-state index contributed by atoms with van der Waals surface area (Å²) in [6.07, 6.45) is 4.84. The number of nitrogens with one attached hydrogen (secondary N) is 1. The van der Waals surface area contributed by atoms with Crippen LogP contribution in [0.15, 0.2) is 35.6 Å². The van der Waals surface area contributed by atoms with Gasteiger partial charge in [-0.3, -0.25) is 0 Å². The molecule has 0 aliphatic carbocycles. The lowest BCUT2D eigenvalue weighted by molar-refractivity contribution is 0.451. The Morgan fingerprint density at radius 2 is 2.15 bits per heavy atom. The summed E-state index contributed by atoms with van der Waals surface area (Å²) in [7, 11) is -0.411. The number of sulfonamides is 1. The first-order valence-corrected chi connectivity index (χ1v) is 7.25. The van der Waals surface area contributed by atoms with Crippen molar-refractivity contribution in [2.45, 2.75) is 11.4 Å². The third kappa shape index (κ3) is 2.64. The third-order valence-electron chi connectivity index (χ3n) is 2.88. The molecular formula is C11H16N6O2S. The van der Waals surface area contributed by atoms with E-state index in [4.69, 9.17) is 5.84 Å². The molecule has 2 heterocycles. The van der Waals surface area contributed by atoms with Crippen LogP contribution in [0.25, 0.3) is 0 Å². The van der Waals surface area contributed by atoms with Crippen molar-refractivity contribution < 1.29 is 8.42 Å². The van der Waals surface area contributed by atoms with E-state index in [1.54, 1.807) is 30.1 Å². The largest absolute Gasteiger partial charge is 0.337 e. The highest BCUT2D eigenvalue weighted by Crippen LogP contribution is 2.21. The van der Waals surface area contributed by atoms with E-state index >= 15 is 0 Å². The average Bonchev–Trinajstić information content (AvgIpc) is 2.84. The van der Waals surface area contributed by atoms with Crippen LogP contribution in [-0.4, -0.2) is 34.3 Å². The molecule has 0 bridgehead atoms. The normalized spacial score (nSPS) is 11.8. The van der Waals surface area contributed by atoms with Gasteiger partial charge in [-0.15, -0.1) is 0 Å². The van der Waals surface area contributed by atoms with Crippen LogP contribution >= 0.6 is 0 Å². The molecule has 0 fully saturated rings. The van der Waals surface area contributed by atoms with Crippen molar-refractivity contribution in [2.24, 2.45) is 12.9 Å². The zero-order chi connectivity index (χ0) is 14.8. The highest BCUT2D eigenvalue weighted by atomic mass is 32.2. The average molecular weight is 296 g/mol. The van der Waals surface area contributed by atoms with E-state index in [2.05, 4.69) is 15.4 Å². The fourth-order valence-corrected chi connectivity index (χ4v) is 2.94. The van der Waals surface area contributed by atoms with Crippen LogP contribution < -0.4 is 11.3 Å². The fourth-order valence-electron chi connectivity index (χ4n) is 1.71. The van der Waals surface area contributed by atoms with E-state index in [9.17, 15) is 8.42 Å². The number of hydrogen-bond donors (Lipinski definition) is 2. The first-order chi connectivity index (χ1) is 9.46. The molecule has 8 nitrogen and oxygen atoms in total. The molecule has 0 atom stereocenters. The van der Waals surface area contributed by atoms with E-state index in [1.807, 2.05) is 0 Å². The summed E-state index contributed by atoms with van der Waals surface area (Å²) in [5.41, 5.74) is 2.29. The second-order valence-corrected chi connectivity index (χ2v) is 6.22. The highest BCUT2D eigenvalue weighted by Gasteiger charge is 2.25. The number of nitrogens with zero attached hydrogens (tertiary/aromatic N) is 4. The molecule has 2 aromatic rings. The number of pyridine rings is 1. The van der Waals surface area contributed by atoms with Gasteiger partial charge in [0.25, 0.3) is 0 Å². The lowest BCUT2D eigenvalue weighted by Crippen LogP contribution is -2.29. The van der Waals surface area contributed by atoms with Crippen LogP contribution in [0.1, 0.15) is 5.82 Å². The zero-order valence-corrected chi connectivity index (χ0v) is 12.0. The van der Waals surface area contributed by atoms with Gasteiger partial charge in [-0.1, -0.05) is 0 Å². The van der Waals surface area contributed by atoms with Gasteiger partial charge < -0.3 is 9.99 Å².